The summed E-state index contributed by atoms with van der Waals surface area (Å²) in [4.78, 5) is 0. The Hall–Kier alpha value is -0.380. The van der Waals surface area contributed by atoms with E-state index >= 15 is 0 Å². The minimum absolute atomic E-state index is 0.287. The number of nitrogens with two attached hydrogens (primary N) is 1. The van der Waals surface area contributed by atoms with Crippen LogP contribution in [0.3, 0.4) is 0 Å². The quantitative estimate of drug-likeness (QED) is 0.819. The van der Waals surface area contributed by atoms with Gasteiger partial charge in [0.1, 0.15) is 0 Å². The van der Waals surface area contributed by atoms with E-state index in [-0.39, 0.29) is 6.04 Å². The van der Waals surface area contributed by atoms with Gasteiger partial charge in [-0.3, -0.25) is 0 Å². The number of hydrogen-bond acceptors (Lipinski definition) is 2. The Labute approximate surface area is 125 Å². The summed E-state index contributed by atoms with van der Waals surface area (Å²) < 4.78 is 1.17. The number of halogens is 1. The van der Waals surface area contributed by atoms with Crippen LogP contribution in [0.25, 0.3) is 0 Å². The molecule has 1 unspecified atom stereocenters. The van der Waals surface area contributed by atoms with Crippen molar-refractivity contribution >= 4 is 15.9 Å². The number of nitrogens with one attached hydrogen (secondary N) is 1. The highest BCUT2D eigenvalue weighted by atomic mass is 79.9. The van der Waals surface area contributed by atoms with Crippen molar-refractivity contribution in [2.75, 3.05) is 6.54 Å². The molecule has 3 N–H and O–H groups in total. The summed E-state index contributed by atoms with van der Waals surface area (Å²) in [7, 11) is 0. The second-order valence-corrected chi connectivity index (χ2v) is 6.51. The van der Waals surface area contributed by atoms with Gasteiger partial charge in [0.05, 0.1) is 0 Å². The van der Waals surface area contributed by atoms with Crippen LogP contribution in [0.2, 0.25) is 0 Å². The average Bonchev–Trinajstić information content (AvgIpc) is 2.68. The van der Waals surface area contributed by atoms with Crippen LogP contribution < -0.4 is 11.1 Å². The van der Waals surface area contributed by atoms with Crippen LogP contribution in [0.1, 0.15) is 55.7 Å². The van der Waals surface area contributed by atoms with E-state index in [4.69, 9.17) is 5.73 Å². The monoisotopic (exact) mass is 324 g/mol. The van der Waals surface area contributed by atoms with E-state index in [9.17, 15) is 0 Å². The van der Waals surface area contributed by atoms with Gasteiger partial charge in [-0.25, -0.2) is 0 Å². The highest BCUT2D eigenvalue weighted by Gasteiger charge is 2.17. The zero-order valence-electron chi connectivity index (χ0n) is 11.8. The summed E-state index contributed by atoms with van der Waals surface area (Å²) >= 11 is 3.56. The molecule has 1 aromatic rings. The number of aryl methyl sites for hydroxylation is 1. The molecule has 2 nitrogen and oxygen atoms in total. The van der Waals surface area contributed by atoms with Gasteiger partial charge in [0.25, 0.3) is 0 Å². The fourth-order valence-electron chi connectivity index (χ4n) is 2.92. The van der Waals surface area contributed by atoms with E-state index in [1.165, 1.54) is 54.1 Å². The molecule has 0 spiro atoms. The Morgan fingerprint density at radius 1 is 1.26 bits per heavy atom. The number of hydrogen-bond donors (Lipinski definition) is 2. The lowest BCUT2D eigenvalue weighted by Gasteiger charge is -2.24. The van der Waals surface area contributed by atoms with E-state index in [0.717, 1.165) is 0 Å². The predicted octanol–water partition coefficient (Wildman–Crippen LogP) is 4.07. The van der Waals surface area contributed by atoms with E-state index in [2.05, 4.69) is 46.4 Å². The van der Waals surface area contributed by atoms with Gasteiger partial charge in [0.2, 0.25) is 0 Å². The average molecular weight is 325 g/mol. The maximum absolute atomic E-state index is 5.97. The Bertz CT molecular complexity index is 398. The second-order valence-electron chi connectivity index (χ2n) is 5.65. The molecule has 0 amide bonds. The van der Waals surface area contributed by atoms with Crippen LogP contribution in [-0.4, -0.2) is 12.6 Å². The van der Waals surface area contributed by atoms with Crippen molar-refractivity contribution in [1.82, 2.24) is 5.32 Å². The smallest absolute Gasteiger partial charge is 0.0446 e. The molecular formula is C16H25BrN2. The number of rotatable bonds is 4. The van der Waals surface area contributed by atoms with Crippen LogP contribution in [0.5, 0.6) is 0 Å². The zero-order valence-corrected chi connectivity index (χ0v) is 13.4. The lowest BCUT2D eigenvalue weighted by Crippen LogP contribution is -2.36. The van der Waals surface area contributed by atoms with Crippen molar-refractivity contribution in [3.63, 3.8) is 0 Å². The maximum atomic E-state index is 5.97. The van der Waals surface area contributed by atoms with Gasteiger partial charge in [-0.1, -0.05) is 53.7 Å². The SMILES string of the molecule is Cc1cc(C(CN)NC2CCCCCC2)ccc1Br. The first-order valence-corrected chi connectivity index (χ1v) is 8.22. The summed E-state index contributed by atoms with van der Waals surface area (Å²) in [5.74, 6) is 0. The molecule has 1 fully saturated rings. The van der Waals surface area contributed by atoms with Gasteiger partial charge < -0.3 is 11.1 Å². The zero-order chi connectivity index (χ0) is 13.7. The lowest BCUT2D eigenvalue weighted by molar-refractivity contribution is 0.402. The Morgan fingerprint density at radius 3 is 2.53 bits per heavy atom. The van der Waals surface area contributed by atoms with Crippen molar-refractivity contribution in [3.05, 3.63) is 33.8 Å². The van der Waals surface area contributed by atoms with Crippen molar-refractivity contribution in [2.24, 2.45) is 5.73 Å². The minimum Gasteiger partial charge on any atom is -0.329 e. The molecule has 0 bridgehead atoms. The second kappa shape index (κ2) is 7.41. The Balaban J connectivity index is 2.03. The summed E-state index contributed by atoms with van der Waals surface area (Å²) in [5, 5.41) is 3.77. The van der Waals surface area contributed by atoms with E-state index in [0.29, 0.717) is 12.6 Å². The van der Waals surface area contributed by atoms with Crippen LogP contribution >= 0.6 is 15.9 Å². The molecule has 1 aliphatic carbocycles. The summed E-state index contributed by atoms with van der Waals surface area (Å²) in [5.41, 5.74) is 8.56. The van der Waals surface area contributed by atoms with Gasteiger partial charge in [0.15, 0.2) is 0 Å². The third-order valence-corrected chi connectivity index (χ3v) is 5.00. The molecule has 0 radical (unpaired) electrons. The molecule has 1 aromatic carbocycles. The fourth-order valence-corrected chi connectivity index (χ4v) is 3.16. The van der Waals surface area contributed by atoms with Crippen LogP contribution in [-0.2, 0) is 0 Å². The fraction of sp³-hybridized carbons (Fsp3) is 0.625. The molecule has 2 rings (SSSR count). The normalized spacial score (nSPS) is 19.1. The highest BCUT2D eigenvalue weighted by molar-refractivity contribution is 9.10. The molecular weight excluding hydrogens is 300 g/mol. The maximum Gasteiger partial charge on any atom is 0.0446 e. The van der Waals surface area contributed by atoms with Crippen molar-refractivity contribution in [2.45, 2.75) is 57.5 Å². The molecule has 1 aliphatic rings. The van der Waals surface area contributed by atoms with Crippen molar-refractivity contribution in [3.8, 4) is 0 Å². The van der Waals surface area contributed by atoms with E-state index in [1.54, 1.807) is 0 Å². The third-order valence-electron chi connectivity index (χ3n) is 4.11. The van der Waals surface area contributed by atoms with Gasteiger partial charge in [0, 0.05) is 23.1 Å². The predicted molar refractivity (Wildman–Crippen MR) is 85.3 cm³/mol. The topological polar surface area (TPSA) is 38.0 Å². The van der Waals surface area contributed by atoms with Gasteiger partial charge in [-0.15, -0.1) is 0 Å². The first kappa shape index (κ1) is 15.0. The standard InChI is InChI=1S/C16H25BrN2/c1-12-10-13(8-9-15(12)17)16(11-18)19-14-6-4-2-3-5-7-14/h8-10,14,16,19H,2-7,11,18H2,1H3. The molecule has 0 aromatic heterocycles. The van der Waals surface area contributed by atoms with Gasteiger partial charge >= 0.3 is 0 Å². The first-order chi connectivity index (χ1) is 9.20. The van der Waals surface area contributed by atoms with Crippen molar-refractivity contribution in [1.29, 1.82) is 0 Å². The molecule has 106 valence electrons. The van der Waals surface area contributed by atoms with Gasteiger partial charge in [-0.2, -0.15) is 0 Å². The minimum atomic E-state index is 0.287. The van der Waals surface area contributed by atoms with E-state index in [1.807, 2.05) is 0 Å². The van der Waals surface area contributed by atoms with Crippen LogP contribution in [0.15, 0.2) is 22.7 Å². The molecule has 0 saturated heterocycles. The molecule has 0 aliphatic heterocycles. The van der Waals surface area contributed by atoms with Gasteiger partial charge in [-0.05, 0) is 37.0 Å². The third kappa shape index (κ3) is 4.30. The molecule has 19 heavy (non-hydrogen) atoms. The van der Waals surface area contributed by atoms with Crippen LogP contribution in [0, 0.1) is 6.92 Å². The Kier molecular flexibility index (Phi) is 5.86. The Morgan fingerprint density at radius 2 is 1.95 bits per heavy atom. The van der Waals surface area contributed by atoms with E-state index < -0.39 is 0 Å². The molecule has 3 heteroatoms. The summed E-state index contributed by atoms with van der Waals surface area (Å²) in [6.07, 6.45) is 8.09. The molecule has 1 atom stereocenters. The highest BCUT2D eigenvalue weighted by Crippen LogP contribution is 2.24. The summed E-state index contributed by atoms with van der Waals surface area (Å²) in [6.45, 7) is 2.80. The number of benzene rings is 1. The first-order valence-electron chi connectivity index (χ1n) is 7.43. The van der Waals surface area contributed by atoms with Crippen LogP contribution in [0.4, 0.5) is 0 Å². The summed E-state index contributed by atoms with van der Waals surface area (Å²) in [6, 6.07) is 7.47. The molecule has 1 saturated carbocycles. The molecule has 0 heterocycles. The van der Waals surface area contributed by atoms with Crippen molar-refractivity contribution < 1.29 is 0 Å². The largest absolute Gasteiger partial charge is 0.329 e. The lowest BCUT2D eigenvalue weighted by atomic mass is 10.0.